The topological polar surface area (TPSA) is 47.9 Å². The summed E-state index contributed by atoms with van der Waals surface area (Å²) in [6.07, 6.45) is 3.80. The number of benzene rings is 7. The molecule has 4 nitrogen and oxygen atoms in total. The molecule has 2 aliphatic rings. The van der Waals surface area contributed by atoms with Crippen molar-refractivity contribution in [3.63, 3.8) is 0 Å². The van der Waals surface area contributed by atoms with Gasteiger partial charge in [-0.15, -0.1) is 0 Å². The van der Waals surface area contributed by atoms with Gasteiger partial charge in [0.1, 0.15) is 11.5 Å². The van der Waals surface area contributed by atoms with Crippen molar-refractivity contribution in [2.24, 2.45) is 0 Å². The SMILES string of the molecule is Cc1cnccc1-c1cccc(-c2ccc3c(c2)C2(c4ccccc4Oc4ccccc42)c2cc(-c4cc(-c5ccccc5)nc(-c5ccccc5)n4)ccc2-3)c1. The third-order valence-electron chi connectivity index (χ3n) is 11.6. The van der Waals surface area contributed by atoms with Crippen LogP contribution in [0.25, 0.3) is 67.3 Å². The molecule has 0 amide bonds. The molecule has 268 valence electrons. The minimum Gasteiger partial charge on any atom is -0.457 e. The van der Waals surface area contributed by atoms with Gasteiger partial charge in [-0.25, -0.2) is 9.97 Å². The summed E-state index contributed by atoms with van der Waals surface area (Å²) < 4.78 is 6.70. The Kier molecular flexibility index (Phi) is 7.58. The van der Waals surface area contributed by atoms with E-state index in [1.807, 2.05) is 36.7 Å². The second-order valence-electron chi connectivity index (χ2n) is 14.8. The van der Waals surface area contributed by atoms with Crippen LogP contribution in [-0.2, 0) is 5.41 Å². The van der Waals surface area contributed by atoms with E-state index in [2.05, 4.69) is 170 Å². The fourth-order valence-electron chi connectivity index (χ4n) is 8.97. The summed E-state index contributed by atoms with van der Waals surface area (Å²) in [5.41, 5.74) is 17.1. The lowest BCUT2D eigenvalue weighted by Gasteiger charge is -2.39. The molecule has 1 spiro atoms. The fraction of sp³-hybridized carbons (Fsp3) is 0.0377. The lowest BCUT2D eigenvalue weighted by molar-refractivity contribution is 0.436. The summed E-state index contributed by atoms with van der Waals surface area (Å²) in [6.45, 7) is 2.12. The van der Waals surface area contributed by atoms with Crippen LogP contribution in [0.3, 0.4) is 0 Å². The van der Waals surface area contributed by atoms with Gasteiger partial charge >= 0.3 is 0 Å². The first-order chi connectivity index (χ1) is 28.1. The van der Waals surface area contributed by atoms with Crippen LogP contribution in [0.5, 0.6) is 11.5 Å². The first-order valence-corrected chi connectivity index (χ1v) is 19.3. The van der Waals surface area contributed by atoms with Crippen molar-refractivity contribution in [2.75, 3.05) is 0 Å². The van der Waals surface area contributed by atoms with Crippen molar-refractivity contribution in [1.82, 2.24) is 15.0 Å². The van der Waals surface area contributed by atoms with Gasteiger partial charge in [-0.3, -0.25) is 4.98 Å². The summed E-state index contributed by atoms with van der Waals surface area (Å²) in [7, 11) is 0. The Hall–Kier alpha value is -7.43. The van der Waals surface area contributed by atoms with Crippen molar-refractivity contribution in [2.45, 2.75) is 12.3 Å². The monoisotopic (exact) mass is 729 g/mol. The predicted octanol–water partition coefficient (Wildman–Crippen LogP) is 13.0. The Bertz CT molecular complexity index is 2910. The Morgan fingerprint density at radius 1 is 0.404 bits per heavy atom. The standard InChI is InChI=1S/C53H35N3O/c1-34-33-54-28-27-41(34)39-18-12-17-37(29-39)38-23-25-42-43-26-24-40(49-32-48(35-13-4-2-5-14-35)55-52(56-49)36-15-6-3-7-16-36)31-47(43)53(46(42)30-38)44-19-8-10-21-50(44)57-51-22-11-9-20-45(51)53/h2-33H,1H3. The molecule has 11 rings (SSSR count). The van der Waals surface area contributed by atoms with E-state index in [0.29, 0.717) is 5.82 Å². The maximum Gasteiger partial charge on any atom is 0.160 e. The number of aryl methyl sites for hydroxylation is 1. The van der Waals surface area contributed by atoms with Crippen LogP contribution in [0.15, 0.2) is 194 Å². The highest BCUT2D eigenvalue weighted by Gasteiger charge is 2.51. The molecule has 1 aliphatic heterocycles. The maximum absolute atomic E-state index is 6.70. The van der Waals surface area contributed by atoms with Gasteiger partial charge in [0, 0.05) is 40.2 Å². The van der Waals surface area contributed by atoms with Crippen LogP contribution in [0.1, 0.15) is 27.8 Å². The molecule has 0 radical (unpaired) electrons. The highest BCUT2D eigenvalue weighted by Crippen LogP contribution is 2.62. The maximum atomic E-state index is 6.70. The van der Waals surface area contributed by atoms with E-state index in [1.54, 1.807) is 0 Å². The van der Waals surface area contributed by atoms with E-state index in [9.17, 15) is 0 Å². The lowest BCUT2D eigenvalue weighted by atomic mass is 9.65. The molecule has 0 saturated heterocycles. The molecule has 0 N–H and O–H groups in total. The molecule has 57 heavy (non-hydrogen) atoms. The van der Waals surface area contributed by atoms with Gasteiger partial charge in [0.05, 0.1) is 16.8 Å². The molecule has 0 unspecified atom stereocenters. The molecule has 1 aliphatic carbocycles. The van der Waals surface area contributed by atoms with E-state index >= 15 is 0 Å². The molecule has 0 bridgehead atoms. The molecular formula is C53H35N3O. The number of fused-ring (bicyclic) bond motifs is 9. The van der Waals surface area contributed by atoms with Crippen LogP contribution in [-0.4, -0.2) is 15.0 Å². The molecule has 0 atom stereocenters. The Balaban J connectivity index is 1.16. The third kappa shape index (κ3) is 5.26. The van der Waals surface area contributed by atoms with Crippen molar-refractivity contribution in [1.29, 1.82) is 0 Å². The first kappa shape index (κ1) is 33.0. The van der Waals surface area contributed by atoms with E-state index in [0.717, 1.165) is 67.4 Å². The summed E-state index contributed by atoms with van der Waals surface area (Å²) >= 11 is 0. The normalized spacial score (nSPS) is 12.9. The number of hydrogen-bond acceptors (Lipinski definition) is 4. The van der Waals surface area contributed by atoms with Crippen molar-refractivity contribution in [3.05, 3.63) is 222 Å². The van der Waals surface area contributed by atoms with Gasteiger partial charge in [0.15, 0.2) is 5.82 Å². The third-order valence-corrected chi connectivity index (χ3v) is 11.6. The van der Waals surface area contributed by atoms with Gasteiger partial charge < -0.3 is 4.74 Å². The number of hydrogen-bond donors (Lipinski definition) is 0. The molecule has 0 fully saturated rings. The number of aromatic nitrogens is 3. The van der Waals surface area contributed by atoms with E-state index in [-0.39, 0.29) is 0 Å². The number of rotatable bonds is 5. The van der Waals surface area contributed by atoms with Crippen LogP contribution in [0.2, 0.25) is 0 Å². The molecule has 9 aromatic rings. The summed E-state index contributed by atoms with van der Waals surface area (Å²) in [5.74, 6) is 2.42. The average molecular weight is 730 g/mol. The van der Waals surface area contributed by atoms with Gasteiger partial charge in [-0.05, 0) is 99.5 Å². The highest BCUT2D eigenvalue weighted by molar-refractivity contribution is 5.92. The van der Waals surface area contributed by atoms with Gasteiger partial charge in [-0.2, -0.15) is 0 Å². The number of pyridine rings is 1. The number of ether oxygens (including phenoxy) is 1. The van der Waals surface area contributed by atoms with Gasteiger partial charge in [0.25, 0.3) is 0 Å². The molecule has 3 heterocycles. The van der Waals surface area contributed by atoms with Crippen LogP contribution in [0.4, 0.5) is 0 Å². The Labute approximate surface area is 331 Å². The van der Waals surface area contributed by atoms with E-state index < -0.39 is 5.41 Å². The number of para-hydroxylation sites is 2. The van der Waals surface area contributed by atoms with E-state index in [4.69, 9.17) is 14.7 Å². The predicted molar refractivity (Wildman–Crippen MR) is 229 cm³/mol. The van der Waals surface area contributed by atoms with Crippen LogP contribution < -0.4 is 4.74 Å². The lowest BCUT2D eigenvalue weighted by Crippen LogP contribution is -2.32. The smallest absolute Gasteiger partial charge is 0.160 e. The second kappa shape index (κ2) is 13.1. The van der Waals surface area contributed by atoms with E-state index in [1.165, 1.54) is 33.4 Å². The zero-order chi connectivity index (χ0) is 37.9. The zero-order valence-corrected chi connectivity index (χ0v) is 31.2. The highest BCUT2D eigenvalue weighted by atomic mass is 16.5. The molecular weight excluding hydrogens is 695 g/mol. The van der Waals surface area contributed by atoms with Crippen LogP contribution >= 0.6 is 0 Å². The van der Waals surface area contributed by atoms with Crippen LogP contribution in [0, 0.1) is 6.92 Å². The molecule has 4 heteroatoms. The van der Waals surface area contributed by atoms with Gasteiger partial charge in [0.2, 0.25) is 0 Å². The molecule has 0 saturated carbocycles. The van der Waals surface area contributed by atoms with Crippen molar-refractivity contribution >= 4 is 0 Å². The first-order valence-electron chi connectivity index (χ1n) is 19.3. The molecule has 2 aromatic heterocycles. The summed E-state index contributed by atoms with van der Waals surface area (Å²) in [4.78, 5) is 14.7. The van der Waals surface area contributed by atoms with Gasteiger partial charge in [-0.1, -0.05) is 140 Å². The minimum absolute atomic E-state index is 0.654. The average Bonchev–Trinajstić information content (AvgIpc) is 3.56. The quantitative estimate of drug-likeness (QED) is 0.177. The fourth-order valence-corrected chi connectivity index (χ4v) is 8.97. The Morgan fingerprint density at radius 3 is 1.63 bits per heavy atom. The molecule has 7 aromatic carbocycles. The Morgan fingerprint density at radius 2 is 0.947 bits per heavy atom. The number of nitrogens with zero attached hydrogens (tertiary/aromatic N) is 3. The largest absolute Gasteiger partial charge is 0.457 e. The van der Waals surface area contributed by atoms with Crippen molar-refractivity contribution < 1.29 is 4.74 Å². The van der Waals surface area contributed by atoms with Crippen molar-refractivity contribution in [3.8, 4) is 78.8 Å². The second-order valence-corrected chi connectivity index (χ2v) is 14.8. The summed E-state index contributed by atoms with van der Waals surface area (Å²) in [6, 6.07) is 64.6. The summed E-state index contributed by atoms with van der Waals surface area (Å²) in [5, 5.41) is 0. The minimum atomic E-state index is -0.654. The zero-order valence-electron chi connectivity index (χ0n) is 31.2.